The third kappa shape index (κ3) is 47.8. The number of carbonyl (C=O) groups excluding carboxylic acids is 2. The van der Waals surface area contributed by atoms with Crippen LogP contribution in [0.25, 0.3) is 0 Å². The van der Waals surface area contributed by atoms with Crippen molar-refractivity contribution in [3.63, 3.8) is 0 Å². The fraction of sp³-hybridized carbons (Fsp3) is 0.893. The standard InChI is InChI=1S/C56H107NO5/c1-3-5-7-9-11-13-15-16-17-20-24-27-30-34-38-42-46-50-56(61)62-51-47-43-39-35-31-28-25-22-19-18-21-23-26-29-33-37-41-45-49-55(60)57-53(52-58)54(59)48-44-40-36-32-14-12-10-8-6-4-2/h11,13,16-17,53-54,58-59H,3-10,12,14-15,18-52H2,1-2H3,(H,57,60)/b13-11-,17-16-. The van der Waals surface area contributed by atoms with Crippen molar-refractivity contribution in [2.24, 2.45) is 0 Å². The van der Waals surface area contributed by atoms with Gasteiger partial charge in [0, 0.05) is 12.8 Å². The second-order valence-electron chi connectivity index (χ2n) is 18.9. The number of allylic oxidation sites excluding steroid dienone is 4. The molecule has 2 unspecified atom stereocenters. The minimum absolute atomic E-state index is 0.000559. The first kappa shape index (κ1) is 60.3. The number of unbranched alkanes of at least 4 members (excludes halogenated alkanes) is 36. The van der Waals surface area contributed by atoms with E-state index in [0.717, 1.165) is 51.4 Å². The van der Waals surface area contributed by atoms with Gasteiger partial charge in [0.15, 0.2) is 0 Å². The highest BCUT2D eigenvalue weighted by Gasteiger charge is 2.20. The van der Waals surface area contributed by atoms with Crippen LogP contribution in [0.15, 0.2) is 24.3 Å². The molecule has 0 radical (unpaired) electrons. The quantitative estimate of drug-likeness (QED) is 0.0321. The summed E-state index contributed by atoms with van der Waals surface area (Å²) in [5, 5.41) is 23.1. The van der Waals surface area contributed by atoms with Crippen molar-refractivity contribution < 1.29 is 24.5 Å². The Bertz CT molecular complexity index is 966. The lowest BCUT2D eigenvalue weighted by Crippen LogP contribution is -2.45. The smallest absolute Gasteiger partial charge is 0.305 e. The zero-order chi connectivity index (χ0) is 45.1. The first-order chi connectivity index (χ1) is 30.5. The molecule has 0 heterocycles. The highest BCUT2D eigenvalue weighted by atomic mass is 16.5. The van der Waals surface area contributed by atoms with Crippen molar-refractivity contribution in [3.05, 3.63) is 24.3 Å². The molecular weight excluding hydrogens is 767 g/mol. The number of hydrogen-bond acceptors (Lipinski definition) is 5. The van der Waals surface area contributed by atoms with Gasteiger partial charge in [-0.25, -0.2) is 0 Å². The monoisotopic (exact) mass is 874 g/mol. The number of aliphatic hydroxyl groups excluding tert-OH is 2. The maximum absolute atomic E-state index is 12.4. The third-order valence-corrected chi connectivity index (χ3v) is 12.8. The molecule has 0 rings (SSSR count). The molecule has 0 spiro atoms. The summed E-state index contributed by atoms with van der Waals surface area (Å²) < 4.78 is 5.48. The van der Waals surface area contributed by atoms with Crippen molar-refractivity contribution in [2.75, 3.05) is 13.2 Å². The average Bonchev–Trinajstić information content (AvgIpc) is 3.27. The second kappa shape index (κ2) is 52.0. The molecule has 366 valence electrons. The van der Waals surface area contributed by atoms with Crippen LogP contribution in [0.4, 0.5) is 0 Å². The molecule has 0 saturated heterocycles. The summed E-state index contributed by atoms with van der Waals surface area (Å²) in [6, 6.07) is -0.543. The van der Waals surface area contributed by atoms with Crippen LogP contribution in [0.1, 0.15) is 296 Å². The zero-order valence-electron chi connectivity index (χ0n) is 41.6. The molecule has 0 fully saturated rings. The number of rotatable bonds is 51. The van der Waals surface area contributed by atoms with E-state index in [2.05, 4.69) is 43.5 Å². The molecule has 0 aliphatic rings. The first-order valence-electron chi connectivity index (χ1n) is 27.6. The Balaban J connectivity index is 3.38. The summed E-state index contributed by atoms with van der Waals surface area (Å²) in [6.45, 7) is 4.91. The van der Waals surface area contributed by atoms with Crippen LogP contribution in [-0.2, 0) is 14.3 Å². The van der Waals surface area contributed by atoms with Gasteiger partial charge >= 0.3 is 5.97 Å². The fourth-order valence-corrected chi connectivity index (χ4v) is 8.49. The lowest BCUT2D eigenvalue weighted by atomic mass is 10.0. The number of hydrogen-bond donors (Lipinski definition) is 3. The zero-order valence-corrected chi connectivity index (χ0v) is 41.6. The normalized spacial score (nSPS) is 12.8. The van der Waals surface area contributed by atoms with Gasteiger partial charge < -0.3 is 20.3 Å². The summed E-state index contributed by atoms with van der Waals surface area (Å²) in [4.78, 5) is 24.5. The average molecular weight is 874 g/mol. The Morgan fingerprint density at radius 2 is 0.806 bits per heavy atom. The van der Waals surface area contributed by atoms with E-state index >= 15 is 0 Å². The molecule has 0 aliphatic heterocycles. The number of amides is 1. The van der Waals surface area contributed by atoms with Crippen LogP contribution in [0.2, 0.25) is 0 Å². The molecule has 0 saturated carbocycles. The summed E-state index contributed by atoms with van der Waals surface area (Å²) in [6.07, 6.45) is 61.6. The van der Waals surface area contributed by atoms with Crippen molar-refractivity contribution >= 4 is 11.9 Å². The van der Waals surface area contributed by atoms with Crippen LogP contribution in [0, 0.1) is 0 Å². The van der Waals surface area contributed by atoms with Gasteiger partial charge in [0.2, 0.25) is 5.91 Å². The lowest BCUT2D eigenvalue weighted by molar-refractivity contribution is -0.143. The summed E-state index contributed by atoms with van der Waals surface area (Å²) >= 11 is 0. The number of nitrogens with one attached hydrogen (secondary N) is 1. The summed E-state index contributed by atoms with van der Waals surface area (Å²) in [7, 11) is 0. The van der Waals surface area contributed by atoms with Crippen LogP contribution >= 0.6 is 0 Å². The van der Waals surface area contributed by atoms with Gasteiger partial charge in [0.1, 0.15) is 0 Å². The van der Waals surface area contributed by atoms with Crippen LogP contribution < -0.4 is 5.32 Å². The Hall–Kier alpha value is -1.66. The molecule has 0 aromatic carbocycles. The van der Waals surface area contributed by atoms with Crippen LogP contribution in [0.3, 0.4) is 0 Å². The largest absolute Gasteiger partial charge is 0.466 e. The number of aliphatic hydroxyl groups is 2. The number of ether oxygens (including phenoxy) is 1. The molecular formula is C56H107NO5. The second-order valence-corrected chi connectivity index (χ2v) is 18.9. The Morgan fingerprint density at radius 3 is 1.26 bits per heavy atom. The van der Waals surface area contributed by atoms with E-state index in [0.29, 0.717) is 25.9 Å². The predicted octanol–water partition coefficient (Wildman–Crippen LogP) is 16.7. The van der Waals surface area contributed by atoms with Gasteiger partial charge in [0.25, 0.3) is 0 Å². The minimum Gasteiger partial charge on any atom is -0.466 e. The number of carbonyl (C=O) groups is 2. The van der Waals surface area contributed by atoms with Gasteiger partial charge in [-0.3, -0.25) is 9.59 Å². The van der Waals surface area contributed by atoms with Crippen molar-refractivity contribution in [1.82, 2.24) is 5.32 Å². The molecule has 0 aliphatic carbocycles. The highest BCUT2D eigenvalue weighted by molar-refractivity contribution is 5.76. The van der Waals surface area contributed by atoms with Gasteiger partial charge in [-0.2, -0.15) is 0 Å². The van der Waals surface area contributed by atoms with Crippen LogP contribution in [0.5, 0.6) is 0 Å². The van der Waals surface area contributed by atoms with E-state index in [-0.39, 0.29) is 18.5 Å². The Labute approximate surface area is 386 Å². The van der Waals surface area contributed by atoms with Gasteiger partial charge in [0.05, 0.1) is 25.4 Å². The molecule has 6 nitrogen and oxygen atoms in total. The highest BCUT2D eigenvalue weighted by Crippen LogP contribution is 2.17. The van der Waals surface area contributed by atoms with E-state index in [9.17, 15) is 19.8 Å². The summed E-state index contributed by atoms with van der Waals surface area (Å²) in [5.41, 5.74) is 0. The Kier molecular flexibility index (Phi) is 50.6. The first-order valence-corrected chi connectivity index (χ1v) is 27.6. The minimum atomic E-state index is -0.665. The molecule has 62 heavy (non-hydrogen) atoms. The molecule has 1 amide bonds. The third-order valence-electron chi connectivity index (χ3n) is 12.8. The SMILES string of the molecule is CCCCC/C=C\C/C=C\CCCCCCCCCC(=O)OCCCCCCCCCCCCCCCCCCCCC(=O)NC(CO)C(O)CCCCCCCCCCCC. The summed E-state index contributed by atoms with van der Waals surface area (Å²) in [5.74, 6) is -0.0412. The van der Waals surface area contributed by atoms with Gasteiger partial charge in [-0.05, 0) is 57.8 Å². The maximum atomic E-state index is 12.4. The van der Waals surface area contributed by atoms with E-state index in [1.165, 1.54) is 212 Å². The predicted molar refractivity (Wildman–Crippen MR) is 269 cm³/mol. The van der Waals surface area contributed by atoms with Crippen molar-refractivity contribution in [3.8, 4) is 0 Å². The van der Waals surface area contributed by atoms with Crippen LogP contribution in [-0.4, -0.2) is 47.4 Å². The van der Waals surface area contributed by atoms with Gasteiger partial charge in [-0.15, -0.1) is 0 Å². The Morgan fingerprint density at radius 1 is 0.452 bits per heavy atom. The number of esters is 1. The van der Waals surface area contributed by atoms with E-state index in [1.807, 2.05) is 0 Å². The maximum Gasteiger partial charge on any atom is 0.305 e. The molecule has 0 bridgehead atoms. The van der Waals surface area contributed by atoms with E-state index in [4.69, 9.17) is 4.74 Å². The lowest BCUT2D eigenvalue weighted by Gasteiger charge is -2.22. The van der Waals surface area contributed by atoms with Gasteiger partial charge in [-0.1, -0.05) is 250 Å². The van der Waals surface area contributed by atoms with Crippen molar-refractivity contribution in [2.45, 2.75) is 309 Å². The van der Waals surface area contributed by atoms with Crippen molar-refractivity contribution in [1.29, 1.82) is 0 Å². The topological polar surface area (TPSA) is 95.9 Å². The molecule has 0 aromatic heterocycles. The van der Waals surface area contributed by atoms with E-state index in [1.54, 1.807) is 0 Å². The molecule has 3 N–H and O–H groups in total. The molecule has 6 heteroatoms. The molecule has 2 atom stereocenters. The molecule has 0 aromatic rings. The fourth-order valence-electron chi connectivity index (χ4n) is 8.49. The van der Waals surface area contributed by atoms with E-state index < -0.39 is 12.1 Å².